The van der Waals surface area contributed by atoms with E-state index < -0.39 is 17.7 Å². The largest absolute Gasteiger partial charge is 0.493 e. The minimum absolute atomic E-state index is 0.0738. The molecule has 2 aromatic heterocycles. The quantitative estimate of drug-likeness (QED) is 0.540. The molecule has 0 aliphatic heterocycles. The Kier molecular flexibility index (Phi) is 5.38. The first-order chi connectivity index (χ1) is 13.5. The van der Waals surface area contributed by atoms with Gasteiger partial charge < -0.3 is 4.74 Å². The van der Waals surface area contributed by atoms with E-state index in [4.69, 9.17) is 4.74 Å². The zero-order valence-corrected chi connectivity index (χ0v) is 16.5. The lowest BCUT2D eigenvalue weighted by atomic mass is 9.86. The second-order valence-electron chi connectivity index (χ2n) is 7.61. The number of nitrogens with zero attached hydrogens (tertiary/aromatic N) is 2. The standard InChI is InChI=1S/C21H21F4N3O/c1-5-29-18-10-13(22)6-7-14(18)15-8-12(20(2,3)4)9-16(26-15)17-11-19(28-27-17)21(23,24)25/h6-11H,5H2,1-4H3,(H,27,28). The van der Waals surface area contributed by atoms with Crippen molar-refractivity contribution < 1.29 is 22.3 Å². The molecule has 0 amide bonds. The fraction of sp³-hybridized carbons (Fsp3) is 0.333. The SMILES string of the molecule is CCOc1cc(F)ccc1-c1cc(C(C)(C)C)cc(-c2cc(C(F)(F)F)[nH]n2)n1. The van der Waals surface area contributed by atoms with Crippen LogP contribution in [0.15, 0.2) is 36.4 Å². The van der Waals surface area contributed by atoms with Crippen LogP contribution in [-0.4, -0.2) is 21.8 Å². The van der Waals surface area contributed by atoms with Crippen LogP contribution >= 0.6 is 0 Å². The van der Waals surface area contributed by atoms with E-state index in [2.05, 4.69) is 10.1 Å². The number of halogens is 4. The smallest absolute Gasteiger partial charge is 0.432 e. The first kappa shape index (κ1) is 20.8. The summed E-state index contributed by atoms with van der Waals surface area (Å²) in [6.45, 7) is 8.05. The first-order valence-electron chi connectivity index (χ1n) is 9.07. The molecule has 154 valence electrons. The van der Waals surface area contributed by atoms with Crippen molar-refractivity contribution in [2.45, 2.75) is 39.3 Å². The van der Waals surface area contributed by atoms with Gasteiger partial charge >= 0.3 is 6.18 Å². The summed E-state index contributed by atoms with van der Waals surface area (Å²) >= 11 is 0. The molecule has 1 aromatic carbocycles. The molecular formula is C21H21F4N3O. The minimum Gasteiger partial charge on any atom is -0.493 e. The van der Waals surface area contributed by atoms with E-state index in [0.29, 0.717) is 23.6 Å². The van der Waals surface area contributed by atoms with Gasteiger partial charge in [-0.25, -0.2) is 9.37 Å². The second kappa shape index (κ2) is 7.50. The minimum atomic E-state index is -4.53. The number of aromatic nitrogens is 3. The number of nitrogens with one attached hydrogen (secondary N) is 1. The Morgan fingerprint density at radius 3 is 2.24 bits per heavy atom. The molecule has 0 fully saturated rings. The second-order valence-corrected chi connectivity index (χ2v) is 7.61. The molecular weight excluding hydrogens is 386 g/mol. The number of aromatic amines is 1. The Hall–Kier alpha value is -2.90. The van der Waals surface area contributed by atoms with Crippen LogP contribution < -0.4 is 4.74 Å². The number of pyridine rings is 1. The van der Waals surface area contributed by atoms with Crippen LogP contribution in [0, 0.1) is 5.82 Å². The normalized spacial score (nSPS) is 12.3. The molecule has 0 bridgehead atoms. The molecule has 0 radical (unpaired) electrons. The molecule has 8 heteroatoms. The highest BCUT2D eigenvalue weighted by Crippen LogP contribution is 2.36. The predicted octanol–water partition coefficient (Wildman–Crippen LogP) is 5.99. The molecule has 3 aromatic rings. The number of ether oxygens (including phenoxy) is 1. The van der Waals surface area contributed by atoms with Gasteiger partial charge in [-0.2, -0.15) is 18.3 Å². The van der Waals surface area contributed by atoms with Gasteiger partial charge in [-0.15, -0.1) is 0 Å². The van der Waals surface area contributed by atoms with Crippen LogP contribution in [0.3, 0.4) is 0 Å². The maximum atomic E-state index is 13.7. The molecule has 4 nitrogen and oxygen atoms in total. The van der Waals surface area contributed by atoms with Crippen molar-refractivity contribution in [3.8, 4) is 28.4 Å². The van der Waals surface area contributed by atoms with Crippen LogP contribution in [0.4, 0.5) is 17.6 Å². The lowest BCUT2D eigenvalue weighted by Gasteiger charge is -2.21. The molecule has 0 atom stereocenters. The Labute approximate surface area is 165 Å². The molecule has 3 rings (SSSR count). The van der Waals surface area contributed by atoms with Crippen LogP contribution in [-0.2, 0) is 11.6 Å². The third-order valence-electron chi connectivity index (χ3n) is 4.36. The number of rotatable bonds is 4. The van der Waals surface area contributed by atoms with Crippen molar-refractivity contribution in [3.63, 3.8) is 0 Å². The lowest BCUT2D eigenvalue weighted by Crippen LogP contribution is -2.12. The summed E-state index contributed by atoms with van der Waals surface area (Å²) in [5.41, 5.74) is 0.964. The van der Waals surface area contributed by atoms with E-state index in [9.17, 15) is 17.6 Å². The van der Waals surface area contributed by atoms with Crippen molar-refractivity contribution in [2.24, 2.45) is 0 Å². The fourth-order valence-corrected chi connectivity index (χ4v) is 2.81. The van der Waals surface area contributed by atoms with Crippen LogP contribution in [0.2, 0.25) is 0 Å². The average molecular weight is 407 g/mol. The highest BCUT2D eigenvalue weighted by atomic mass is 19.4. The number of hydrogen-bond donors (Lipinski definition) is 1. The Bertz CT molecular complexity index is 1020. The Balaban J connectivity index is 2.19. The van der Waals surface area contributed by atoms with Crippen molar-refractivity contribution in [1.82, 2.24) is 15.2 Å². The molecule has 0 aliphatic carbocycles. The van der Waals surface area contributed by atoms with E-state index >= 15 is 0 Å². The molecule has 0 spiro atoms. The van der Waals surface area contributed by atoms with Crippen molar-refractivity contribution in [2.75, 3.05) is 6.61 Å². The van der Waals surface area contributed by atoms with E-state index in [1.54, 1.807) is 19.1 Å². The van der Waals surface area contributed by atoms with Gasteiger partial charge in [-0.05, 0) is 48.2 Å². The predicted molar refractivity (Wildman–Crippen MR) is 102 cm³/mol. The summed E-state index contributed by atoms with van der Waals surface area (Å²) in [4.78, 5) is 4.50. The van der Waals surface area contributed by atoms with Crippen LogP contribution in [0.1, 0.15) is 39.0 Å². The van der Waals surface area contributed by atoms with Crippen molar-refractivity contribution in [1.29, 1.82) is 0 Å². The van der Waals surface area contributed by atoms with E-state index in [1.165, 1.54) is 12.1 Å². The zero-order valence-electron chi connectivity index (χ0n) is 16.5. The van der Waals surface area contributed by atoms with Gasteiger partial charge in [0.1, 0.15) is 23.0 Å². The summed E-state index contributed by atoms with van der Waals surface area (Å²) < 4.78 is 58.1. The maximum absolute atomic E-state index is 13.7. The van der Waals surface area contributed by atoms with Crippen LogP contribution in [0.25, 0.3) is 22.6 Å². The molecule has 2 heterocycles. The Morgan fingerprint density at radius 2 is 1.66 bits per heavy atom. The molecule has 0 saturated carbocycles. The molecule has 0 unspecified atom stereocenters. The lowest BCUT2D eigenvalue weighted by molar-refractivity contribution is -0.141. The number of alkyl halides is 3. The zero-order chi connectivity index (χ0) is 21.4. The number of benzene rings is 1. The van der Waals surface area contributed by atoms with Gasteiger partial charge in [-0.1, -0.05) is 20.8 Å². The highest BCUT2D eigenvalue weighted by Gasteiger charge is 2.33. The monoisotopic (exact) mass is 407 g/mol. The van der Waals surface area contributed by atoms with Crippen molar-refractivity contribution >= 4 is 0 Å². The van der Waals surface area contributed by atoms with E-state index in [-0.39, 0.29) is 16.8 Å². The fourth-order valence-electron chi connectivity index (χ4n) is 2.81. The summed E-state index contributed by atoms with van der Waals surface area (Å²) in [6.07, 6.45) is -4.53. The Morgan fingerprint density at radius 1 is 0.966 bits per heavy atom. The van der Waals surface area contributed by atoms with Gasteiger partial charge in [-0.3, -0.25) is 5.10 Å². The van der Waals surface area contributed by atoms with Gasteiger partial charge in [0.15, 0.2) is 0 Å². The molecule has 1 N–H and O–H groups in total. The van der Waals surface area contributed by atoms with Gasteiger partial charge in [0.2, 0.25) is 0 Å². The molecule has 0 saturated heterocycles. The van der Waals surface area contributed by atoms with Gasteiger partial charge in [0, 0.05) is 11.6 Å². The number of hydrogen-bond acceptors (Lipinski definition) is 3. The van der Waals surface area contributed by atoms with Crippen molar-refractivity contribution in [3.05, 3.63) is 53.5 Å². The van der Waals surface area contributed by atoms with Gasteiger partial charge in [0.05, 0.1) is 18.0 Å². The summed E-state index contributed by atoms with van der Waals surface area (Å²) in [6, 6.07) is 8.57. The maximum Gasteiger partial charge on any atom is 0.432 e. The van der Waals surface area contributed by atoms with E-state index in [0.717, 1.165) is 11.6 Å². The topological polar surface area (TPSA) is 50.8 Å². The summed E-state index contributed by atoms with van der Waals surface area (Å²) in [5, 5.41) is 5.80. The molecule has 0 aliphatic rings. The third-order valence-corrected chi connectivity index (χ3v) is 4.36. The third kappa shape index (κ3) is 4.58. The van der Waals surface area contributed by atoms with E-state index in [1.807, 2.05) is 31.9 Å². The average Bonchev–Trinajstić information content (AvgIpc) is 3.11. The highest BCUT2D eigenvalue weighted by molar-refractivity contribution is 5.71. The summed E-state index contributed by atoms with van der Waals surface area (Å²) in [7, 11) is 0. The van der Waals surface area contributed by atoms with Crippen LogP contribution in [0.5, 0.6) is 5.75 Å². The summed E-state index contributed by atoms with van der Waals surface area (Å²) in [5.74, 6) is -0.137. The van der Waals surface area contributed by atoms with Gasteiger partial charge in [0.25, 0.3) is 0 Å². The number of H-pyrrole nitrogens is 1. The first-order valence-corrected chi connectivity index (χ1v) is 9.07. The molecule has 29 heavy (non-hydrogen) atoms.